The standard InChI is InChI=1S/C52H42F6N2/c1-31-32(2)46-42-28-26-40(60(36-15-11-8-12-16-36)38-23-19-34(20-24-38)52(56,57)58)30-44(42)50(5,6)48(46)47-45(31)41-27-25-39(29-43(41)49(47,3)4)59(35-13-9-7-10-14-35)37-21-17-33(18-22-37)51(53,54)55/h7-30H,1-6H3. The molecular weight excluding hydrogens is 767 g/mol. The highest BCUT2D eigenvalue weighted by Gasteiger charge is 2.48. The average Bonchev–Trinajstić information content (AvgIpc) is 3.59. The van der Waals surface area contributed by atoms with Crippen molar-refractivity contribution in [3.05, 3.63) is 190 Å². The van der Waals surface area contributed by atoms with E-state index in [-0.39, 0.29) is 0 Å². The number of fused-ring (bicyclic) bond motifs is 7. The molecule has 0 spiro atoms. The summed E-state index contributed by atoms with van der Waals surface area (Å²) < 4.78 is 81.7. The number of hydrogen-bond acceptors (Lipinski definition) is 2. The van der Waals surface area contributed by atoms with Gasteiger partial charge in [0.1, 0.15) is 0 Å². The lowest BCUT2D eigenvalue weighted by Gasteiger charge is -2.33. The Balaban J connectivity index is 1.17. The summed E-state index contributed by atoms with van der Waals surface area (Å²) in [5.41, 5.74) is 14.0. The normalized spacial score (nSPS) is 14.6. The van der Waals surface area contributed by atoms with Crippen LogP contribution in [0.4, 0.5) is 60.5 Å². The molecule has 8 heteroatoms. The molecular formula is C52H42F6N2. The molecule has 2 nitrogen and oxygen atoms in total. The molecule has 0 N–H and O–H groups in total. The number of para-hydroxylation sites is 2. The molecule has 2 aliphatic rings. The molecule has 7 aromatic rings. The van der Waals surface area contributed by atoms with Crippen LogP contribution in [-0.4, -0.2) is 0 Å². The molecule has 0 heterocycles. The average molecular weight is 809 g/mol. The lowest BCUT2D eigenvalue weighted by atomic mass is 9.71. The van der Waals surface area contributed by atoms with E-state index in [1.54, 1.807) is 0 Å². The van der Waals surface area contributed by atoms with Crippen LogP contribution in [0.5, 0.6) is 0 Å². The van der Waals surface area contributed by atoms with E-state index in [1.807, 2.05) is 70.5 Å². The molecule has 0 unspecified atom stereocenters. The highest BCUT2D eigenvalue weighted by Crippen LogP contribution is 2.62. The van der Waals surface area contributed by atoms with Gasteiger partial charge in [0.05, 0.1) is 11.1 Å². The van der Waals surface area contributed by atoms with E-state index in [0.29, 0.717) is 11.4 Å². The van der Waals surface area contributed by atoms with Crippen LogP contribution in [0.1, 0.15) is 72.2 Å². The summed E-state index contributed by atoms with van der Waals surface area (Å²) in [4.78, 5) is 4.00. The van der Waals surface area contributed by atoms with E-state index < -0.39 is 34.3 Å². The summed E-state index contributed by atoms with van der Waals surface area (Å²) in [7, 11) is 0. The molecule has 2 aliphatic carbocycles. The van der Waals surface area contributed by atoms with Crippen LogP contribution < -0.4 is 9.80 Å². The molecule has 0 amide bonds. The van der Waals surface area contributed by atoms with Crippen molar-refractivity contribution in [2.24, 2.45) is 0 Å². The molecule has 0 fully saturated rings. The van der Waals surface area contributed by atoms with Crippen molar-refractivity contribution in [3.8, 4) is 22.3 Å². The zero-order chi connectivity index (χ0) is 42.5. The van der Waals surface area contributed by atoms with Gasteiger partial charge in [-0.15, -0.1) is 0 Å². The summed E-state index contributed by atoms with van der Waals surface area (Å²) in [6.45, 7) is 13.4. The number of hydrogen-bond donors (Lipinski definition) is 0. The Hall–Kier alpha value is -6.28. The zero-order valence-electron chi connectivity index (χ0n) is 34.0. The first-order valence-corrected chi connectivity index (χ1v) is 19.9. The highest BCUT2D eigenvalue weighted by atomic mass is 19.4. The van der Waals surface area contributed by atoms with Crippen LogP contribution in [0.2, 0.25) is 0 Å². The van der Waals surface area contributed by atoms with Crippen molar-refractivity contribution in [2.75, 3.05) is 9.80 Å². The van der Waals surface area contributed by atoms with Crippen LogP contribution in [0.25, 0.3) is 22.3 Å². The Morgan fingerprint density at radius 1 is 0.383 bits per heavy atom. The molecule has 0 bridgehead atoms. The van der Waals surface area contributed by atoms with Gasteiger partial charge in [-0.2, -0.15) is 26.3 Å². The molecule has 0 atom stereocenters. The predicted octanol–water partition coefficient (Wildman–Crippen LogP) is 15.9. The predicted molar refractivity (Wildman–Crippen MR) is 230 cm³/mol. The van der Waals surface area contributed by atoms with Crippen molar-refractivity contribution < 1.29 is 26.3 Å². The van der Waals surface area contributed by atoms with E-state index >= 15 is 0 Å². The minimum atomic E-state index is -4.45. The van der Waals surface area contributed by atoms with Gasteiger partial charge >= 0.3 is 12.4 Å². The van der Waals surface area contributed by atoms with Gasteiger partial charge in [-0.3, -0.25) is 0 Å². The van der Waals surface area contributed by atoms with Crippen molar-refractivity contribution in [1.29, 1.82) is 0 Å². The third-order valence-corrected chi connectivity index (χ3v) is 12.7. The number of alkyl halides is 6. The first kappa shape index (κ1) is 39.2. The van der Waals surface area contributed by atoms with E-state index in [4.69, 9.17) is 0 Å². The first-order chi connectivity index (χ1) is 28.4. The molecule has 0 radical (unpaired) electrons. The van der Waals surface area contributed by atoms with Crippen LogP contribution in [0.15, 0.2) is 146 Å². The fourth-order valence-corrected chi connectivity index (χ4v) is 9.65. The van der Waals surface area contributed by atoms with Crippen LogP contribution in [-0.2, 0) is 23.2 Å². The molecule has 0 saturated heterocycles. The second kappa shape index (κ2) is 13.6. The monoisotopic (exact) mass is 808 g/mol. The van der Waals surface area contributed by atoms with E-state index in [0.717, 1.165) is 69.3 Å². The zero-order valence-corrected chi connectivity index (χ0v) is 34.0. The Bertz CT molecular complexity index is 2590. The van der Waals surface area contributed by atoms with E-state index in [2.05, 4.69) is 77.9 Å². The molecule has 0 saturated carbocycles. The second-order valence-corrected chi connectivity index (χ2v) is 16.9. The van der Waals surface area contributed by atoms with E-state index in [9.17, 15) is 26.3 Å². The van der Waals surface area contributed by atoms with Crippen LogP contribution >= 0.6 is 0 Å². The van der Waals surface area contributed by atoms with Gasteiger partial charge in [0.25, 0.3) is 0 Å². The SMILES string of the molecule is Cc1c(C)c2c(c3c1-c1ccc(N(c4ccccc4)c4ccc(C(F)(F)F)cc4)cc1C3(C)C)C(C)(C)c1cc(N(c3ccccc3)c3ccc(C(F)(F)F)cc3)ccc1-2. The molecule has 302 valence electrons. The third kappa shape index (κ3) is 6.10. The largest absolute Gasteiger partial charge is 0.416 e. The maximum absolute atomic E-state index is 13.6. The smallest absolute Gasteiger partial charge is 0.310 e. The number of halogens is 6. The third-order valence-electron chi connectivity index (χ3n) is 12.7. The maximum Gasteiger partial charge on any atom is 0.416 e. The molecule has 0 aliphatic heterocycles. The van der Waals surface area contributed by atoms with Gasteiger partial charge in [-0.25, -0.2) is 0 Å². The highest BCUT2D eigenvalue weighted by molar-refractivity contribution is 5.96. The fraction of sp³-hybridized carbons (Fsp3) is 0.192. The van der Waals surface area contributed by atoms with E-state index in [1.165, 1.54) is 57.6 Å². The minimum absolute atomic E-state index is 0.468. The lowest BCUT2D eigenvalue weighted by molar-refractivity contribution is -0.138. The summed E-state index contributed by atoms with van der Waals surface area (Å²) >= 11 is 0. The molecule has 9 rings (SSSR count). The topological polar surface area (TPSA) is 6.48 Å². The van der Waals surface area contributed by atoms with Gasteiger partial charge in [0.15, 0.2) is 0 Å². The molecule has 60 heavy (non-hydrogen) atoms. The Kier molecular flexibility index (Phi) is 8.90. The van der Waals surface area contributed by atoms with Gasteiger partial charge in [-0.05, 0) is 167 Å². The summed E-state index contributed by atoms with van der Waals surface area (Å²) in [6, 6.07) is 42.7. The summed E-state index contributed by atoms with van der Waals surface area (Å²) in [5.74, 6) is 0. The van der Waals surface area contributed by atoms with Gasteiger partial charge in [0.2, 0.25) is 0 Å². The van der Waals surface area contributed by atoms with Crippen LogP contribution in [0.3, 0.4) is 0 Å². The summed E-state index contributed by atoms with van der Waals surface area (Å²) in [5, 5.41) is 0. The van der Waals surface area contributed by atoms with Gasteiger partial charge in [0, 0.05) is 45.0 Å². The van der Waals surface area contributed by atoms with Gasteiger partial charge < -0.3 is 9.80 Å². The lowest BCUT2D eigenvalue weighted by Crippen LogP contribution is -2.25. The van der Waals surface area contributed by atoms with Gasteiger partial charge in [-0.1, -0.05) is 76.2 Å². The number of rotatable bonds is 6. The van der Waals surface area contributed by atoms with Crippen molar-refractivity contribution >= 4 is 34.1 Å². The first-order valence-electron chi connectivity index (χ1n) is 19.9. The maximum atomic E-state index is 13.6. The van der Waals surface area contributed by atoms with Crippen molar-refractivity contribution in [3.63, 3.8) is 0 Å². The number of benzene rings is 7. The molecule has 7 aromatic carbocycles. The van der Waals surface area contributed by atoms with Crippen molar-refractivity contribution in [2.45, 2.75) is 64.7 Å². The number of anilines is 6. The Morgan fingerprint density at radius 2 is 0.683 bits per heavy atom. The fourth-order valence-electron chi connectivity index (χ4n) is 9.65. The van der Waals surface area contributed by atoms with Crippen molar-refractivity contribution in [1.82, 2.24) is 0 Å². The number of nitrogens with zero attached hydrogens (tertiary/aromatic N) is 2. The quantitative estimate of drug-likeness (QED) is 0.154. The summed E-state index contributed by atoms with van der Waals surface area (Å²) in [6.07, 6.45) is -8.89. The second-order valence-electron chi connectivity index (χ2n) is 16.9. The van der Waals surface area contributed by atoms with Crippen LogP contribution in [0, 0.1) is 13.8 Å². The Morgan fingerprint density at radius 3 is 1.00 bits per heavy atom. The Labute approximate surface area is 346 Å². The molecule has 0 aromatic heterocycles. The minimum Gasteiger partial charge on any atom is -0.310 e.